The van der Waals surface area contributed by atoms with Crippen molar-refractivity contribution in [2.75, 3.05) is 44.1 Å². The van der Waals surface area contributed by atoms with Crippen molar-refractivity contribution in [2.24, 2.45) is 0 Å². The number of aromatic nitrogens is 2. The van der Waals surface area contributed by atoms with Gasteiger partial charge < -0.3 is 15.0 Å². The second kappa shape index (κ2) is 7.00. The molecule has 0 saturated heterocycles. The number of hydrogen-bond acceptors (Lipinski definition) is 5. The van der Waals surface area contributed by atoms with Crippen LogP contribution in [-0.4, -0.2) is 43.8 Å². The lowest BCUT2D eigenvalue weighted by Gasteiger charge is -2.18. The molecular formula is C11H20N4O. The maximum Gasteiger partial charge on any atom is 0.224 e. The van der Waals surface area contributed by atoms with E-state index < -0.39 is 0 Å². The fourth-order valence-corrected chi connectivity index (χ4v) is 1.37. The number of hydrogen-bond donors (Lipinski definition) is 1. The van der Waals surface area contributed by atoms with Crippen molar-refractivity contribution in [3.63, 3.8) is 0 Å². The van der Waals surface area contributed by atoms with Gasteiger partial charge in [0.2, 0.25) is 5.95 Å². The van der Waals surface area contributed by atoms with Crippen molar-refractivity contribution in [1.82, 2.24) is 9.97 Å². The Labute approximate surface area is 96.8 Å². The lowest BCUT2D eigenvalue weighted by Crippen LogP contribution is -2.21. The molecule has 0 spiro atoms. The summed E-state index contributed by atoms with van der Waals surface area (Å²) in [4.78, 5) is 10.6. The van der Waals surface area contributed by atoms with Gasteiger partial charge in [0.1, 0.15) is 5.82 Å². The summed E-state index contributed by atoms with van der Waals surface area (Å²) < 4.78 is 5.02. The van der Waals surface area contributed by atoms with Crippen molar-refractivity contribution < 1.29 is 4.74 Å². The van der Waals surface area contributed by atoms with Crippen LogP contribution in [0.2, 0.25) is 0 Å². The first-order chi connectivity index (χ1) is 7.77. The summed E-state index contributed by atoms with van der Waals surface area (Å²) in [5.74, 6) is 1.61. The summed E-state index contributed by atoms with van der Waals surface area (Å²) in [5, 5.41) is 3.10. The second-order valence-corrected chi connectivity index (χ2v) is 3.54. The zero-order valence-corrected chi connectivity index (χ0v) is 10.2. The first-order valence-corrected chi connectivity index (χ1v) is 5.55. The van der Waals surface area contributed by atoms with Crippen LogP contribution in [-0.2, 0) is 4.74 Å². The zero-order chi connectivity index (χ0) is 11.8. The number of nitrogens with zero attached hydrogens (tertiary/aromatic N) is 3. The highest BCUT2D eigenvalue weighted by Gasteiger charge is 2.03. The zero-order valence-electron chi connectivity index (χ0n) is 10.2. The molecule has 1 N–H and O–H groups in total. The highest BCUT2D eigenvalue weighted by Crippen LogP contribution is 2.10. The highest BCUT2D eigenvalue weighted by molar-refractivity contribution is 5.41. The third-order valence-corrected chi connectivity index (χ3v) is 2.21. The van der Waals surface area contributed by atoms with E-state index >= 15 is 0 Å². The Bertz CT molecular complexity index is 306. The molecule has 5 nitrogen and oxygen atoms in total. The first kappa shape index (κ1) is 12.7. The van der Waals surface area contributed by atoms with E-state index in [4.69, 9.17) is 4.74 Å². The minimum absolute atomic E-state index is 0.679. The molecule has 0 aliphatic rings. The van der Waals surface area contributed by atoms with Gasteiger partial charge in [-0.15, -0.1) is 0 Å². The van der Waals surface area contributed by atoms with Crippen LogP contribution in [0.25, 0.3) is 0 Å². The molecule has 5 heteroatoms. The summed E-state index contributed by atoms with van der Waals surface area (Å²) in [6, 6.07) is 1.91. The Kier molecular flexibility index (Phi) is 5.56. The van der Waals surface area contributed by atoms with E-state index in [9.17, 15) is 0 Å². The van der Waals surface area contributed by atoms with Crippen LogP contribution in [0.3, 0.4) is 0 Å². The van der Waals surface area contributed by atoms with Crippen molar-refractivity contribution in [3.05, 3.63) is 12.3 Å². The molecule has 1 aromatic heterocycles. The predicted molar refractivity (Wildman–Crippen MR) is 66.0 cm³/mol. The van der Waals surface area contributed by atoms with Gasteiger partial charge in [-0.25, -0.2) is 4.98 Å². The maximum absolute atomic E-state index is 5.02. The van der Waals surface area contributed by atoms with Crippen LogP contribution in [0, 0.1) is 0 Å². The Hall–Kier alpha value is -1.36. The van der Waals surface area contributed by atoms with E-state index in [1.807, 2.05) is 20.0 Å². The molecule has 1 aromatic rings. The number of methoxy groups -OCH3 is 1. The molecule has 0 atom stereocenters. The fraction of sp³-hybridized carbons (Fsp3) is 0.636. The summed E-state index contributed by atoms with van der Waals surface area (Å²) in [6.45, 7) is 4.56. The van der Waals surface area contributed by atoms with Crippen LogP contribution >= 0.6 is 0 Å². The van der Waals surface area contributed by atoms with Gasteiger partial charge in [0.05, 0.1) is 0 Å². The number of rotatable bonds is 7. The largest absolute Gasteiger partial charge is 0.385 e. The SMILES string of the molecule is CCNc1nccc(N(C)CCCOC)n1. The molecule has 0 aliphatic carbocycles. The number of nitrogens with one attached hydrogen (secondary N) is 1. The molecule has 0 bridgehead atoms. The Balaban J connectivity index is 2.53. The molecule has 0 aliphatic heterocycles. The summed E-state index contributed by atoms with van der Waals surface area (Å²) in [5.41, 5.74) is 0. The van der Waals surface area contributed by atoms with E-state index in [1.54, 1.807) is 13.3 Å². The lowest BCUT2D eigenvalue weighted by atomic mass is 10.4. The average Bonchev–Trinajstić information content (AvgIpc) is 2.30. The normalized spacial score (nSPS) is 10.2. The Morgan fingerprint density at radius 3 is 3.00 bits per heavy atom. The highest BCUT2D eigenvalue weighted by atomic mass is 16.5. The molecule has 0 fully saturated rings. The van der Waals surface area contributed by atoms with Crippen molar-refractivity contribution >= 4 is 11.8 Å². The summed E-state index contributed by atoms with van der Waals surface area (Å²) in [7, 11) is 3.74. The van der Waals surface area contributed by atoms with Gasteiger partial charge in [-0.1, -0.05) is 0 Å². The van der Waals surface area contributed by atoms with Crippen LogP contribution in [0.5, 0.6) is 0 Å². The molecule has 0 amide bonds. The quantitative estimate of drug-likeness (QED) is 0.709. The van der Waals surface area contributed by atoms with Gasteiger partial charge in [-0.05, 0) is 19.4 Å². The fourth-order valence-electron chi connectivity index (χ4n) is 1.37. The lowest BCUT2D eigenvalue weighted by molar-refractivity contribution is 0.196. The molecule has 90 valence electrons. The van der Waals surface area contributed by atoms with E-state index in [0.29, 0.717) is 5.95 Å². The molecule has 0 aromatic carbocycles. The third-order valence-electron chi connectivity index (χ3n) is 2.21. The summed E-state index contributed by atoms with van der Waals surface area (Å²) >= 11 is 0. The average molecular weight is 224 g/mol. The van der Waals surface area contributed by atoms with Crippen molar-refractivity contribution in [1.29, 1.82) is 0 Å². The molecule has 1 heterocycles. The first-order valence-electron chi connectivity index (χ1n) is 5.55. The maximum atomic E-state index is 5.02. The molecular weight excluding hydrogens is 204 g/mol. The van der Waals surface area contributed by atoms with Gasteiger partial charge in [0.25, 0.3) is 0 Å². The third kappa shape index (κ3) is 4.02. The smallest absolute Gasteiger partial charge is 0.224 e. The topological polar surface area (TPSA) is 50.3 Å². The van der Waals surface area contributed by atoms with Gasteiger partial charge in [-0.2, -0.15) is 4.98 Å². The van der Waals surface area contributed by atoms with E-state index in [2.05, 4.69) is 20.2 Å². The standard InChI is InChI=1S/C11H20N4O/c1-4-12-11-13-7-6-10(14-11)15(2)8-5-9-16-3/h6-7H,4-5,8-9H2,1-3H3,(H,12,13,14). The number of anilines is 2. The van der Waals surface area contributed by atoms with Crippen molar-refractivity contribution in [2.45, 2.75) is 13.3 Å². The Morgan fingerprint density at radius 2 is 2.31 bits per heavy atom. The minimum Gasteiger partial charge on any atom is -0.385 e. The molecule has 0 radical (unpaired) electrons. The molecule has 1 rings (SSSR count). The van der Waals surface area contributed by atoms with E-state index in [1.165, 1.54) is 0 Å². The molecule has 0 unspecified atom stereocenters. The van der Waals surface area contributed by atoms with E-state index in [-0.39, 0.29) is 0 Å². The molecule has 0 saturated carbocycles. The van der Waals surface area contributed by atoms with Crippen LogP contribution in [0.15, 0.2) is 12.3 Å². The van der Waals surface area contributed by atoms with Gasteiger partial charge >= 0.3 is 0 Å². The minimum atomic E-state index is 0.679. The number of ether oxygens (including phenoxy) is 1. The second-order valence-electron chi connectivity index (χ2n) is 3.54. The predicted octanol–water partition coefficient (Wildman–Crippen LogP) is 1.38. The van der Waals surface area contributed by atoms with Crippen molar-refractivity contribution in [3.8, 4) is 0 Å². The summed E-state index contributed by atoms with van der Waals surface area (Å²) in [6.07, 6.45) is 2.76. The molecule has 16 heavy (non-hydrogen) atoms. The van der Waals surface area contributed by atoms with Crippen LogP contribution in [0.4, 0.5) is 11.8 Å². The van der Waals surface area contributed by atoms with Gasteiger partial charge in [-0.3, -0.25) is 0 Å². The van der Waals surface area contributed by atoms with Gasteiger partial charge in [0.15, 0.2) is 0 Å². The monoisotopic (exact) mass is 224 g/mol. The van der Waals surface area contributed by atoms with Crippen LogP contribution in [0.1, 0.15) is 13.3 Å². The van der Waals surface area contributed by atoms with E-state index in [0.717, 1.165) is 31.9 Å². The van der Waals surface area contributed by atoms with Gasteiger partial charge in [0, 0.05) is 40.1 Å². The van der Waals surface area contributed by atoms with Crippen LogP contribution < -0.4 is 10.2 Å². The Morgan fingerprint density at radius 1 is 1.50 bits per heavy atom.